The van der Waals surface area contributed by atoms with E-state index in [4.69, 9.17) is 5.73 Å². The zero-order chi connectivity index (χ0) is 14.5. The van der Waals surface area contributed by atoms with Crippen molar-refractivity contribution >= 4 is 11.6 Å². The SMILES string of the molecule is CCC(NC(=O)c1cc(N)ccc1C)c1ccccc1. The number of rotatable bonds is 4. The zero-order valence-corrected chi connectivity index (χ0v) is 11.9. The van der Waals surface area contributed by atoms with E-state index in [2.05, 4.69) is 12.2 Å². The van der Waals surface area contributed by atoms with E-state index in [9.17, 15) is 4.79 Å². The van der Waals surface area contributed by atoms with E-state index in [-0.39, 0.29) is 11.9 Å². The zero-order valence-electron chi connectivity index (χ0n) is 11.9. The quantitative estimate of drug-likeness (QED) is 0.834. The first-order valence-electron chi connectivity index (χ1n) is 6.83. The van der Waals surface area contributed by atoms with Gasteiger partial charge in [-0.2, -0.15) is 0 Å². The first kappa shape index (κ1) is 14.1. The third-order valence-corrected chi connectivity index (χ3v) is 3.42. The molecule has 1 unspecified atom stereocenters. The Bertz CT molecular complexity index is 593. The number of anilines is 1. The van der Waals surface area contributed by atoms with Crippen molar-refractivity contribution in [2.75, 3.05) is 5.73 Å². The van der Waals surface area contributed by atoms with Gasteiger partial charge in [0, 0.05) is 11.3 Å². The first-order chi connectivity index (χ1) is 9.61. The van der Waals surface area contributed by atoms with Crippen LogP contribution in [-0.4, -0.2) is 5.91 Å². The molecule has 0 bridgehead atoms. The van der Waals surface area contributed by atoms with Gasteiger partial charge in [-0.15, -0.1) is 0 Å². The molecule has 2 rings (SSSR count). The molecule has 20 heavy (non-hydrogen) atoms. The van der Waals surface area contributed by atoms with Gasteiger partial charge in [-0.25, -0.2) is 0 Å². The molecule has 1 amide bonds. The van der Waals surface area contributed by atoms with Crippen LogP contribution in [0.3, 0.4) is 0 Å². The molecule has 0 saturated heterocycles. The van der Waals surface area contributed by atoms with E-state index >= 15 is 0 Å². The van der Waals surface area contributed by atoms with Crippen molar-refractivity contribution in [3.8, 4) is 0 Å². The minimum Gasteiger partial charge on any atom is -0.399 e. The molecule has 0 spiro atoms. The largest absolute Gasteiger partial charge is 0.399 e. The highest BCUT2D eigenvalue weighted by atomic mass is 16.1. The van der Waals surface area contributed by atoms with Gasteiger partial charge in [0.1, 0.15) is 0 Å². The maximum atomic E-state index is 12.4. The van der Waals surface area contributed by atoms with E-state index in [0.717, 1.165) is 17.5 Å². The topological polar surface area (TPSA) is 55.1 Å². The van der Waals surface area contributed by atoms with Crippen molar-refractivity contribution in [2.45, 2.75) is 26.3 Å². The summed E-state index contributed by atoms with van der Waals surface area (Å²) in [4.78, 5) is 12.4. The standard InChI is InChI=1S/C17H20N2O/c1-3-16(13-7-5-4-6-8-13)19-17(20)15-11-14(18)10-9-12(15)2/h4-11,16H,3,18H2,1-2H3,(H,19,20). The summed E-state index contributed by atoms with van der Waals surface area (Å²) in [6.45, 7) is 3.97. The molecule has 3 N–H and O–H groups in total. The molecule has 0 saturated carbocycles. The Morgan fingerprint density at radius 3 is 2.55 bits per heavy atom. The molecule has 0 aliphatic heterocycles. The average molecular weight is 268 g/mol. The lowest BCUT2D eigenvalue weighted by molar-refractivity contribution is 0.0935. The molecular formula is C17H20N2O. The highest BCUT2D eigenvalue weighted by Gasteiger charge is 2.15. The number of nitrogens with two attached hydrogens (primary N) is 1. The van der Waals surface area contributed by atoms with Crippen molar-refractivity contribution < 1.29 is 4.79 Å². The van der Waals surface area contributed by atoms with Crippen LogP contribution >= 0.6 is 0 Å². The highest BCUT2D eigenvalue weighted by Crippen LogP contribution is 2.18. The molecule has 0 aromatic heterocycles. The van der Waals surface area contributed by atoms with Crippen molar-refractivity contribution in [1.82, 2.24) is 5.32 Å². The summed E-state index contributed by atoms with van der Waals surface area (Å²) in [5.41, 5.74) is 9.05. The van der Waals surface area contributed by atoms with E-state index in [1.165, 1.54) is 0 Å². The highest BCUT2D eigenvalue weighted by molar-refractivity contribution is 5.96. The fourth-order valence-electron chi connectivity index (χ4n) is 2.23. The number of amides is 1. The van der Waals surface area contributed by atoms with E-state index in [1.807, 2.05) is 43.3 Å². The summed E-state index contributed by atoms with van der Waals surface area (Å²) in [6, 6.07) is 15.4. The lowest BCUT2D eigenvalue weighted by atomic mass is 10.0. The molecular weight excluding hydrogens is 248 g/mol. The van der Waals surface area contributed by atoms with E-state index < -0.39 is 0 Å². The normalized spacial score (nSPS) is 11.9. The van der Waals surface area contributed by atoms with Gasteiger partial charge in [-0.05, 0) is 36.6 Å². The van der Waals surface area contributed by atoms with Crippen LogP contribution in [0.15, 0.2) is 48.5 Å². The predicted molar refractivity (Wildman–Crippen MR) is 82.5 cm³/mol. The molecule has 0 fully saturated rings. The van der Waals surface area contributed by atoms with Gasteiger partial charge >= 0.3 is 0 Å². The third-order valence-electron chi connectivity index (χ3n) is 3.42. The summed E-state index contributed by atoms with van der Waals surface area (Å²) >= 11 is 0. The first-order valence-corrected chi connectivity index (χ1v) is 6.83. The molecule has 3 heteroatoms. The van der Waals surface area contributed by atoms with E-state index in [1.54, 1.807) is 12.1 Å². The Labute approximate surface area is 119 Å². The van der Waals surface area contributed by atoms with Crippen LogP contribution in [0, 0.1) is 6.92 Å². The smallest absolute Gasteiger partial charge is 0.252 e. The Balaban J connectivity index is 2.20. The van der Waals surface area contributed by atoms with Crippen LogP contribution in [0.1, 0.15) is 40.9 Å². The monoisotopic (exact) mass is 268 g/mol. The molecule has 2 aromatic carbocycles. The molecule has 3 nitrogen and oxygen atoms in total. The van der Waals surface area contributed by atoms with Crippen LogP contribution < -0.4 is 11.1 Å². The Morgan fingerprint density at radius 2 is 1.90 bits per heavy atom. The lowest BCUT2D eigenvalue weighted by Gasteiger charge is -2.18. The van der Waals surface area contributed by atoms with Crippen LogP contribution in [0.4, 0.5) is 5.69 Å². The molecule has 0 aliphatic rings. The molecule has 0 aliphatic carbocycles. The number of nitrogens with one attached hydrogen (secondary N) is 1. The van der Waals surface area contributed by atoms with Gasteiger partial charge < -0.3 is 11.1 Å². The summed E-state index contributed by atoms with van der Waals surface area (Å²) in [6.07, 6.45) is 0.844. The number of hydrogen-bond acceptors (Lipinski definition) is 2. The van der Waals surface area contributed by atoms with Crippen molar-refractivity contribution in [1.29, 1.82) is 0 Å². The van der Waals surface area contributed by atoms with Gasteiger partial charge in [-0.3, -0.25) is 4.79 Å². The fraction of sp³-hybridized carbons (Fsp3) is 0.235. The maximum absolute atomic E-state index is 12.4. The summed E-state index contributed by atoms with van der Waals surface area (Å²) < 4.78 is 0. The Morgan fingerprint density at radius 1 is 1.20 bits per heavy atom. The molecule has 104 valence electrons. The summed E-state index contributed by atoms with van der Waals surface area (Å²) in [5, 5.41) is 3.07. The third kappa shape index (κ3) is 3.18. The summed E-state index contributed by atoms with van der Waals surface area (Å²) in [7, 11) is 0. The second-order valence-corrected chi connectivity index (χ2v) is 4.92. The van der Waals surface area contributed by atoms with Crippen molar-refractivity contribution in [2.24, 2.45) is 0 Å². The van der Waals surface area contributed by atoms with Crippen LogP contribution in [0.5, 0.6) is 0 Å². The lowest BCUT2D eigenvalue weighted by Crippen LogP contribution is -2.28. The van der Waals surface area contributed by atoms with Crippen LogP contribution in [0.25, 0.3) is 0 Å². The second kappa shape index (κ2) is 6.24. The number of benzene rings is 2. The minimum atomic E-state index is -0.0782. The average Bonchev–Trinajstić information content (AvgIpc) is 2.48. The molecule has 0 radical (unpaired) electrons. The van der Waals surface area contributed by atoms with Crippen molar-refractivity contribution in [3.63, 3.8) is 0 Å². The number of hydrogen-bond donors (Lipinski definition) is 2. The van der Waals surface area contributed by atoms with Gasteiger partial charge in [0.05, 0.1) is 6.04 Å². The fourth-order valence-corrected chi connectivity index (χ4v) is 2.23. The van der Waals surface area contributed by atoms with Gasteiger partial charge in [0.25, 0.3) is 5.91 Å². The molecule has 2 aromatic rings. The van der Waals surface area contributed by atoms with Crippen LogP contribution in [0.2, 0.25) is 0 Å². The van der Waals surface area contributed by atoms with Gasteiger partial charge in [0.2, 0.25) is 0 Å². The predicted octanol–water partition coefficient (Wildman–Crippen LogP) is 3.46. The van der Waals surface area contributed by atoms with E-state index in [0.29, 0.717) is 11.3 Å². The maximum Gasteiger partial charge on any atom is 0.252 e. The second-order valence-electron chi connectivity index (χ2n) is 4.92. The Hall–Kier alpha value is -2.29. The number of aryl methyl sites for hydroxylation is 1. The minimum absolute atomic E-state index is 0.0181. The molecule has 0 heterocycles. The number of carbonyl (C=O) groups excluding carboxylic acids is 1. The van der Waals surface area contributed by atoms with Crippen molar-refractivity contribution in [3.05, 3.63) is 65.2 Å². The molecule has 1 atom stereocenters. The van der Waals surface area contributed by atoms with Gasteiger partial charge in [0.15, 0.2) is 0 Å². The Kier molecular flexibility index (Phi) is 4.41. The van der Waals surface area contributed by atoms with Gasteiger partial charge in [-0.1, -0.05) is 43.3 Å². The number of nitrogen functional groups attached to an aromatic ring is 1. The number of carbonyl (C=O) groups is 1. The van der Waals surface area contributed by atoms with Crippen LogP contribution in [-0.2, 0) is 0 Å². The summed E-state index contributed by atoms with van der Waals surface area (Å²) in [5.74, 6) is -0.0782.